The molecule has 0 spiro atoms. The molecule has 1 saturated heterocycles. The molecule has 0 unspecified atom stereocenters. The van der Waals surface area contributed by atoms with Gasteiger partial charge in [0.25, 0.3) is 0 Å². The van der Waals surface area contributed by atoms with Crippen LogP contribution in [-0.4, -0.2) is 69.5 Å². The molecule has 1 aromatic carbocycles. The summed E-state index contributed by atoms with van der Waals surface area (Å²) in [5.41, 5.74) is 0.379. The molecule has 31 heavy (non-hydrogen) atoms. The predicted molar refractivity (Wildman–Crippen MR) is 119 cm³/mol. The van der Waals surface area contributed by atoms with Crippen molar-refractivity contribution in [3.63, 3.8) is 0 Å². The first-order valence-corrected chi connectivity index (χ1v) is 11.1. The monoisotopic (exact) mass is 430 g/mol. The van der Waals surface area contributed by atoms with Crippen LogP contribution in [-0.2, 0) is 22.6 Å². The summed E-state index contributed by atoms with van der Waals surface area (Å²) in [5, 5.41) is 7.84. The summed E-state index contributed by atoms with van der Waals surface area (Å²) in [7, 11) is 1.70. The minimum atomic E-state index is -0.374. The maximum Gasteiger partial charge on any atom is 0.363 e. The van der Waals surface area contributed by atoms with Crippen LogP contribution in [0.5, 0.6) is 0 Å². The number of amides is 1. The minimum absolute atomic E-state index is 0.141. The highest BCUT2D eigenvalue weighted by Gasteiger charge is 2.43. The summed E-state index contributed by atoms with van der Waals surface area (Å²) >= 11 is 0. The third-order valence-corrected chi connectivity index (χ3v) is 6.03. The summed E-state index contributed by atoms with van der Waals surface area (Å²) in [4.78, 5) is 29.6. The van der Waals surface area contributed by atoms with E-state index in [0.717, 1.165) is 44.6 Å². The standard InChI is InChI=1S/C22H34N6O3/c1-4-9-20(29)28(19-10-7-6-8-11-19)22(18-31-3)12-14-25(15-13-22)16-17-27-21(30)26(5-2)23-24-27/h6-8,10-11H,4-5,9,12-18H2,1-3H3. The van der Waals surface area contributed by atoms with Gasteiger partial charge in [0.2, 0.25) is 5.91 Å². The second kappa shape index (κ2) is 10.7. The molecule has 0 N–H and O–H groups in total. The normalized spacial score (nSPS) is 16.4. The number of aromatic nitrogens is 4. The molecule has 1 aliphatic rings. The van der Waals surface area contributed by atoms with Gasteiger partial charge in [0, 0.05) is 45.4 Å². The van der Waals surface area contributed by atoms with Crippen LogP contribution in [0, 0.1) is 0 Å². The molecule has 9 nitrogen and oxygen atoms in total. The van der Waals surface area contributed by atoms with Gasteiger partial charge >= 0.3 is 5.69 Å². The van der Waals surface area contributed by atoms with Gasteiger partial charge in [-0.05, 0) is 48.7 Å². The lowest BCUT2D eigenvalue weighted by Crippen LogP contribution is -2.60. The number of hydrogen-bond donors (Lipinski definition) is 0. The molecule has 0 radical (unpaired) electrons. The number of anilines is 1. The zero-order valence-electron chi connectivity index (χ0n) is 18.9. The number of hydrogen-bond acceptors (Lipinski definition) is 6. The first-order valence-electron chi connectivity index (χ1n) is 11.1. The fourth-order valence-electron chi connectivity index (χ4n) is 4.36. The first kappa shape index (κ1) is 23.1. The van der Waals surface area contributed by atoms with Crippen molar-refractivity contribution in [3.8, 4) is 0 Å². The van der Waals surface area contributed by atoms with Crippen molar-refractivity contribution in [1.82, 2.24) is 24.7 Å². The van der Waals surface area contributed by atoms with Crippen molar-refractivity contribution >= 4 is 11.6 Å². The van der Waals surface area contributed by atoms with Gasteiger partial charge in [0.1, 0.15) is 0 Å². The number of piperidine rings is 1. The third kappa shape index (κ3) is 5.22. The molecule has 1 aromatic heterocycles. The summed E-state index contributed by atoms with van der Waals surface area (Å²) in [6, 6.07) is 9.91. The first-order chi connectivity index (χ1) is 15.0. The number of tetrazole rings is 1. The molecule has 0 atom stereocenters. The molecule has 2 aromatic rings. The van der Waals surface area contributed by atoms with Gasteiger partial charge in [0.15, 0.2) is 0 Å². The molecular formula is C22H34N6O3. The lowest BCUT2D eigenvalue weighted by molar-refractivity contribution is -0.121. The number of carbonyl (C=O) groups is 1. The van der Waals surface area contributed by atoms with E-state index >= 15 is 0 Å². The van der Waals surface area contributed by atoms with E-state index < -0.39 is 0 Å². The number of carbonyl (C=O) groups excluding carboxylic acids is 1. The van der Waals surface area contributed by atoms with Crippen molar-refractivity contribution in [2.45, 2.75) is 58.2 Å². The highest BCUT2D eigenvalue weighted by Crippen LogP contribution is 2.34. The SMILES string of the molecule is CCCC(=O)N(c1ccccc1)C1(COC)CCN(CCn2nnn(CC)c2=O)CC1. The molecule has 3 rings (SSSR count). The number of methoxy groups -OCH3 is 1. The maximum absolute atomic E-state index is 13.2. The molecule has 0 bridgehead atoms. The van der Waals surface area contributed by atoms with Crippen molar-refractivity contribution in [3.05, 3.63) is 40.8 Å². The average molecular weight is 431 g/mol. The number of nitrogens with zero attached hydrogens (tertiary/aromatic N) is 6. The third-order valence-electron chi connectivity index (χ3n) is 6.03. The van der Waals surface area contributed by atoms with E-state index in [-0.39, 0.29) is 17.1 Å². The largest absolute Gasteiger partial charge is 0.382 e. The maximum atomic E-state index is 13.2. The number of rotatable bonds is 10. The van der Waals surface area contributed by atoms with E-state index in [1.54, 1.807) is 7.11 Å². The number of likely N-dealkylation sites (tertiary alicyclic amines) is 1. The lowest BCUT2D eigenvalue weighted by atomic mass is 9.85. The topological polar surface area (TPSA) is 85.5 Å². The molecule has 1 aliphatic heterocycles. The fourth-order valence-corrected chi connectivity index (χ4v) is 4.36. The molecule has 1 fully saturated rings. The second-order valence-electron chi connectivity index (χ2n) is 8.11. The van der Waals surface area contributed by atoms with E-state index in [1.165, 1.54) is 9.36 Å². The second-order valence-corrected chi connectivity index (χ2v) is 8.11. The van der Waals surface area contributed by atoms with Crippen LogP contribution >= 0.6 is 0 Å². The van der Waals surface area contributed by atoms with Gasteiger partial charge in [0.05, 0.1) is 18.7 Å². The predicted octanol–water partition coefficient (Wildman–Crippen LogP) is 1.77. The van der Waals surface area contributed by atoms with Crippen molar-refractivity contribution in [2.75, 3.05) is 38.3 Å². The van der Waals surface area contributed by atoms with Crippen LogP contribution in [0.2, 0.25) is 0 Å². The van der Waals surface area contributed by atoms with Crippen molar-refractivity contribution < 1.29 is 9.53 Å². The Morgan fingerprint density at radius 1 is 1.10 bits per heavy atom. The van der Waals surface area contributed by atoms with Crippen LogP contribution < -0.4 is 10.6 Å². The zero-order valence-corrected chi connectivity index (χ0v) is 18.9. The van der Waals surface area contributed by atoms with Crippen molar-refractivity contribution in [1.29, 1.82) is 0 Å². The Labute approximate surface area is 183 Å². The zero-order chi connectivity index (χ0) is 22.3. The summed E-state index contributed by atoms with van der Waals surface area (Å²) in [5.74, 6) is 0.141. The minimum Gasteiger partial charge on any atom is -0.382 e. The van der Waals surface area contributed by atoms with Gasteiger partial charge < -0.3 is 14.5 Å². The Balaban J connectivity index is 1.73. The van der Waals surface area contributed by atoms with Crippen LogP contribution in [0.3, 0.4) is 0 Å². The van der Waals surface area contributed by atoms with E-state index in [2.05, 4.69) is 15.3 Å². The molecular weight excluding hydrogens is 396 g/mol. The van der Waals surface area contributed by atoms with Crippen LogP contribution in [0.25, 0.3) is 0 Å². The molecule has 2 heterocycles. The van der Waals surface area contributed by atoms with E-state index in [4.69, 9.17) is 4.74 Å². The number of benzene rings is 1. The summed E-state index contributed by atoms with van der Waals surface area (Å²) in [6.45, 7) is 7.79. The van der Waals surface area contributed by atoms with E-state index in [9.17, 15) is 9.59 Å². The fraction of sp³-hybridized carbons (Fsp3) is 0.636. The summed E-state index contributed by atoms with van der Waals surface area (Å²) in [6.07, 6.45) is 2.94. The Kier molecular flexibility index (Phi) is 7.97. The Hall–Kier alpha value is -2.52. The lowest BCUT2D eigenvalue weighted by Gasteiger charge is -2.48. The van der Waals surface area contributed by atoms with Gasteiger partial charge in [-0.2, -0.15) is 9.36 Å². The Morgan fingerprint density at radius 2 is 1.77 bits per heavy atom. The van der Waals surface area contributed by atoms with Crippen LogP contribution in [0.15, 0.2) is 35.1 Å². The van der Waals surface area contributed by atoms with Crippen LogP contribution in [0.4, 0.5) is 5.69 Å². The van der Waals surface area contributed by atoms with Gasteiger partial charge in [-0.25, -0.2) is 4.79 Å². The Morgan fingerprint density at radius 3 is 2.35 bits per heavy atom. The number of aryl methyl sites for hydroxylation is 1. The van der Waals surface area contributed by atoms with E-state index in [1.807, 2.05) is 49.1 Å². The highest BCUT2D eigenvalue weighted by atomic mass is 16.5. The molecule has 0 aliphatic carbocycles. The highest BCUT2D eigenvalue weighted by molar-refractivity contribution is 5.94. The average Bonchev–Trinajstić information content (AvgIpc) is 3.14. The summed E-state index contributed by atoms with van der Waals surface area (Å²) < 4.78 is 8.41. The smallest absolute Gasteiger partial charge is 0.363 e. The van der Waals surface area contributed by atoms with Crippen molar-refractivity contribution in [2.24, 2.45) is 0 Å². The van der Waals surface area contributed by atoms with Crippen LogP contribution in [0.1, 0.15) is 39.5 Å². The molecule has 1 amide bonds. The molecule has 9 heteroatoms. The van der Waals surface area contributed by atoms with E-state index in [0.29, 0.717) is 26.1 Å². The van der Waals surface area contributed by atoms with Gasteiger partial charge in [-0.15, -0.1) is 0 Å². The Bertz CT molecular complexity index is 886. The quantitative estimate of drug-likeness (QED) is 0.571. The molecule has 170 valence electrons. The molecule has 0 saturated carbocycles. The number of ether oxygens (including phenoxy) is 1. The number of para-hydroxylation sites is 1. The van der Waals surface area contributed by atoms with Gasteiger partial charge in [-0.3, -0.25) is 4.79 Å². The van der Waals surface area contributed by atoms with Gasteiger partial charge in [-0.1, -0.05) is 25.1 Å².